The van der Waals surface area contributed by atoms with Gasteiger partial charge in [-0.2, -0.15) is 0 Å². The molecule has 1 fully saturated rings. The maximum atomic E-state index is 13.0. The molecule has 1 aromatic carbocycles. The first-order valence-electron chi connectivity index (χ1n) is 5.58. The summed E-state index contributed by atoms with van der Waals surface area (Å²) in [6, 6.07) is 1.47. The highest BCUT2D eigenvalue weighted by atomic mass is 35.5. The molecular weight excluding hydrogens is 280 g/mol. The second-order valence-corrected chi connectivity index (χ2v) is 4.57. The second kappa shape index (κ2) is 5.52. The fraction of sp³-hybridized carbons (Fsp3) is 0.333. The molecular formula is C12H10ClF2NO3. The number of benzene rings is 1. The van der Waals surface area contributed by atoms with Crippen molar-refractivity contribution in [3.05, 3.63) is 34.4 Å². The topological polar surface area (TPSA) is 55.4 Å². The monoisotopic (exact) mass is 289 g/mol. The lowest BCUT2D eigenvalue weighted by molar-refractivity contribution is -0.124. The Kier molecular flexibility index (Phi) is 3.99. The molecule has 2 rings (SSSR count). The van der Waals surface area contributed by atoms with Gasteiger partial charge in [-0.15, -0.1) is 0 Å². The molecule has 0 spiro atoms. The molecule has 1 aliphatic carbocycles. The van der Waals surface area contributed by atoms with Crippen LogP contribution in [0.4, 0.5) is 8.78 Å². The molecule has 7 heteroatoms. The summed E-state index contributed by atoms with van der Waals surface area (Å²) in [6.45, 7) is -0.481. The Morgan fingerprint density at radius 2 is 1.95 bits per heavy atom. The number of carbonyl (C=O) groups excluding carboxylic acids is 2. The lowest BCUT2D eigenvalue weighted by Gasteiger charge is -2.07. The van der Waals surface area contributed by atoms with Gasteiger partial charge in [0.15, 0.2) is 18.2 Å². The van der Waals surface area contributed by atoms with E-state index < -0.39 is 30.1 Å². The third-order valence-electron chi connectivity index (χ3n) is 2.51. The van der Waals surface area contributed by atoms with Crippen LogP contribution < -0.4 is 5.32 Å². The van der Waals surface area contributed by atoms with Gasteiger partial charge < -0.3 is 10.1 Å². The van der Waals surface area contributed by atoms with E-state index in [1.54, 1.807) is 0 Å². The fourth-order valence-electron chi connectivity index (χ4n) is 1.38. The summed E-state index contributed by atoms with van der Waals surface area (Å²) in [5.41, 5.74) is -0.320. The van der Waals surface area contributed by atoms with Crippen LogP contribution in [0, 0.1) is 11.6 Å². The van der Waals surface area contributed by atoms with E-state index in [4.69, 9.17) is 11.6 Å². The number of halogens is 3. The number of nitrogens with one attached hydrogen (secondary N) is 1. The van der Waals surface area contributed by atoms with E-state index in [1.165, 1.54) is 0 Å². The molecule has 0 heterocycles. The van der Waals surface area contributed by atoms with Gasteiger partial charge in [0, 0.05) is 6.04 Å². The third kappa shape index (κ3) is 3.64. The highest BCUT2D eigenvalue weighted by molar-refractivity contribution is 6.33. The summed E-state index contributed by atoms with van der Waals surface area (Å²) in [6.07, 6.45) is 1.82. The van der Waals surface area contributed by atoms with Crippen molar-refractivity contribution in [2.75, 3.05) is 6.61 Å². The van der Waals surface area contributed by atoms with Crippen LogP contribution in [-0.2, 0) is 9.53 Å². The third-order valence-corrected chi connectivity index (χ3v) is 2.82. The van der Waals surface area contributed by atoms with Gasteiger partial charge in [0.05, 0.1) is 10.6 Å². The zero-order chi connectivity index (χ0) is 14.0. The van der Waals surface area contributed by atoms with Crippen LogP contribution in [0.3, 0.4) is 0 Å². The normalized spacial score (nSPS) is 14.1. The highest BCUT2D eigenvalue weighted by Gasteiger charge is 2.24. The largest absolute Gasteiger partial charge is 0.452 e. The number of amides is 1. The van der Waals surface area contributed by atoms with Crippen LogP contribution in [0.5, 0.6) is 0 Å². The van der Waals surface area contributed by atoms with Gasteiger partial charge in [0.1, 0.15) is 0 Å². The van der Waals surface area contributed by atoms with Gasteiger partial charge >= 0.3 is 5.97 Å². The summed E-state index contributed by atoms with van der Waals surface area (Å²) in [5, 5.41) is 2.34. The summed E-state index contributed by atoms with van der Waals surface area (Å²) < 4.78 is 30.5. The molecule has 0 saturated heterocycles. The number of esters is 1. The van der Waals surface area contributed by atoms with Gasteiger partial charge in [-0.1, -0.05) is 11.6 Å². The molecule has 1 N–H and O–H groups in total. The Hall–Kier alpha value is -1.69. The standard InChI is InChI=1S/C12H10ClF2NO3/c13-8-4-10(15)9(14)3-7(8)12(18)19-5-11(17)16-6-1-2-6/h3-4,6H,1-2,5H2,(H,16,17). The van der Waals surface area contributed by atoms with Gasteiger partial charge in [-0.25, -0.2) is 13.6 Å². The first-order valence-corrected chi connectivity index (χ1v) is 5.96. The summed E-state index contributed by atoms with van der Waals surface area (Å²) in [4.78, 5) is 22.8. The summed E-state index contributed by atoms with van der Waals surface area (Å²) in [5.74, 6) is -3.78. The molecule has 0 aromatic heterocycles. The van der Waals surface area contributed by atoms with Crippen molar-refractivity contribution >= 4 is 23.5 Å². The number of rotatable bonds is 4. The predicted octanol–water partition coefficient (Wildman–Crippen LogP) is 2.05. The number of hydrogen-bond acceptors (Lipinski definition) is 3. The van der Waals surface area contributed by atoms with Crippen molar-refractivity contribution in [2.45, 2.75) is 18.9 Å². The van der Waals surface area contributed by atoms with E-state index >= 15 is 0 Å². The average Bonchev–Trinajstić information content (AvgIpc) is 3.14. The molecule has 1 saturated carbocycles. The van der Waals surface area contributed by atoms with E-state index in [-0.39, 0.29) is 16.6 Å². The maximum absolute atomic E-state index is 13.0. The van der Waals surface area contributed by atoms with Gasteiger partial charge in [0.25, 0.3) is 5.91 Å². The van der Waals surface area contributed by atoms with E-state index in [9.17, 15) is 18.4 Å². The first kappa shape index (κ1) is 13.7. The molecule has 0 unspecified atom stereocenters. The smallest absolute Gasteiger partial charge is 0.340 e. The molecule has 0 bridgehead atoms. The van der Waals surface area contributed by atoms with Crippen LogP contribution in [0.25, 0.3) is 0 Å². The molecule has 1 aliphatic rings. The Morgan fingerprint density at radius 3 is 2.58 bits per heavy atom. The van der Waals surface area contributed by atoms with E-state index in [0.717, 1.165) is 12.8 Å². The number of carbonyl (C=O) groups is 2. The highest BCUT2D eigenvalue weighted by Crippen LogP contribution is 2.21. The quantitative estimate of drug-likeness (QED) is 0.682. The number of hydrogen-bond donors (Lipinski definition) is 1. The minimum atomic E-state index is -1.21. The zero-order valence-corrected chi connectivity index (χ0v) is 10.5. The molecule has 0 atom stereocenters. The zero-order valence-electron chi connectivity index (χ0n) is 9.71. The van der Waals surface area contributed by atoms with E-state index in [1.807, 2.05) is 0 Å². The van der Waals surface area contributed by atoms with Crippen molar-refractivity contribution in [1.82, 2.24) is 5.32 Å². The molecule has 0 radical (unpaired) electrons. The van der Waals surface area contributed by atoms with Gasteiger partial charge in [0.2, 0.25) is 0 Å². The molecule has 102 valence electrons. The van der Waals surface area contributed by atoms with Crippen molar-refractivity contribution in [1.29, 1.82) is 0 Å². The predicted molar refractivity (Wildman–Crippen MR) is 62.8 cm³/mol. The average molecular weight is 290 g/mol. The van der Waals surface area contributed by atoms with Crippen molar-refractivity contribution in [3.63, 3.8) is 0 Å². The lowest BCUT2D eigenvalue weighted by Crippen LogP contribution is -2.30. The fourth-order valence-corrected chi connectivity index (χ4v) is 1.61. The molecule has 0 aliphatic heterocycles. The van der Waals surface area contributed by atoms with Crippen LogP contribution in [0.1, 0.15) is 23.2 Å². The van der Waals surface area contributed by atoms with Crippen molar-refractivity contribution in [2.24, 2.45) is 0 Å². The van der Waals surface area contributed by atoms with E-state index in [0.29, 0.717) is 12.1 Å². The Bertz CT molecular complexity index is 532. The van der Waals surface area contributed by atoms with Crippen LogP contribution in [0.2, 0.25) is 5.02 Å². The summed E-state index contributed by atoms with van der Waals surface area (Å²) in [7, 11) is 0. The Balaban J connectivity index is 1.95. The molecule has 19 heavy (non-hydrogen) atoms. The SMILES string of the molecule is O=C(COC(=O)c1cc(F)c(F)cc1Cl)NC1CC1. The number of ether oxygens (including phenoxy) is 1. The second-order valence-electron chi connectivity index (χ2n) is 4.16. The minimum Gasteiger partial charge on any atom is -0.452 e. The molecule has 1 amide bonds. The first-order chi connectivity index (χ1) is 8.97. The van der Waals surface area contributed by atoms with Crippen LogP contribution in [0.15, 0.2) is 12.1 Å². The van der Waals surface area contributed by atoms with Gasteiger partial charge in [-0.3, -0.25) is 4.79 Å². The molecule has 4 nitrogen and oxygen atoms in total. The van der Waals surface area contributed by atoms with Crippen molar-refractivity contribution in [3.8, 4) is 0 Å². The van der Waals surface area contributed by atoms with Crippen LogP contribution in [-0.4, -0.2) is 24.5 Å². The summed E-state index contributed by atoms with van der Waals surface area (Å²) >= 11 is 5.60. The maximum Gasteiger partial charge on any atom is 0.340 e. The molecule has 1 aromatic rings. The van der Waals surface area contributed by atoms with Crippen LogP contribution >= 0.6 is 11.6 Å². The van der Waals surface area contributed by atoms with E-state index in [2.05, 4.69) is 10.1 Å². The Labute approximate surface area is 112 Å². The lowest BCUT2D eigenvalue weighted by atomic mass is 10.2. The van der Waals surface area contributed by atoms with Crippen molar-refractivity contribution < 1.29 is 23.1 Å². The minimum absolute atomic E-state index is 0.151. The Morgan fingerprint density at radius 1 is 1.32 bits per heavy atom. The van der Waals surface area contributed by atoms with Gasteiger partial charge in [-0.05, 0) is 25.0 Å².